The van der Waals surface area contributed by atoms with Crippen molar-refractivity contribution in [2.75, 3.05) is 0 Å². The summed E-state index contributed by atoms with van der Waals surface area (Å²) in [7, 11) is 0. The van der Waals surface area contributed by atoms with Crippen LogP contribution in [0.5, 0.6) is 0 Å². The molecule has 106 valence electrons. The second kappa shape index (κ2) is 4.81. The van der Waals surface area contributed by atoms with Crippen LogP contribution in [0.15, 0.2) is 36.5 Å². The number of hydrogen-bond acceptors (Lipinski definition) is 2. The average Bonchev–Trinajstić information content (AvgIpc) is 2.81. The SMILES string of the molecule is CC(=O)c1cc(C)c2cnc(C)n2c1-c1cccc(F)c1. The monoisotopic (exact) mass is 282 g/mol. The number of nitrogens with zero attached hydrogens (tertiary/aromatic N) is 2. The maximum Gasteiger partial charge on any atom is 0.161 e. The number of Topliss-reactive ketones (excluding diaryl/α,β-unsaturated/α-hetero) is 1. The molecule has 21 heavy (non-hydrogen) atoms. The van der Waals surface area contributed by atoms with Gasteiger partial charge in [-0.05, 0) is 44.5 Å². The normalized spacial score (nSPS) is 11.0. The minimum atomic E-state index is -0.325. The van der Waals surface area contributed by atoms with Crippen LogP contribution >= 0.6 is 0 Å². The predicted molar refractivity (Wildman–Crippen MR) is 80.1 cm³/mol. The van der Waals surface area contributed by atoms with Gasteiger partial charge in [0, 0.05) is 11.1 Å². The fourth-order valence-corrected chi connectivity index (χ4v) is 2.67. The summed E-state index contributed by atoms with van der Waals surface area (Å²) in [5.74, 6) is 0.399. The van der Waals surface area contributed by atoms with Crippen molar-refractivity contribution < 1.29 is 9.18 Å². The number of aromatic nitrogens is 2. The molecule has 3 aromatic rings. The first-order valence-corrected chi connectivity index (χ1v) is 6.73. The largest absolute Gasteiger partial charge is 0.296 e. The van der Waals surface area contributed by atoms with Gasteiger partial charge in [0.25, 0.3) is 0 Å². The number of carbonyl (C=O) groups is 1. The van der Waals surface area contributed by atoms with E-state index in [2.05, 4.69) is 4.98 Å². The number of hydrogen-bond donors (Lipinski definition) is 0. The lowest BCUT2D eigenvalue weighted by atomic mass is 10.0. The molecule has 0 aliphatic carbocycles. The molecule has 0 unspecified atom stereocenters. The number of imidazole rings is 1. The smallest absolute Gasteiger partial charge is 0.161 e. The third kappa shape index (κ3) is 2.13. The number of rotatable bonds is 2. The zero-order valence-corrected chi connectivity index (χ0v) is 12.1. The number of halogens is 1. The zero-order valence-electron chi connectivity index (χ0n) is 12.1. The third-order valence-corrected chi connectivity index (χ3v) is 3.66. The van der Waals surface area contributed by atoms with E-state index < -0.39 is 0 Å². The molecule has 0 aliphatic rings. The van der Waals surface area contributed by atoms with E-state index in [1.165, 1.54) is 19.1 Å². The molecule has 0 spiro atoms. The van der Waals surface area contributed by atoms with Crippen LogP contribution in [0.4, 0.5) is 4.39 Å². The summed E-state index contributed by atoms with van der Waals surface area (Å²) in [6.07, 6.45) is 1.78. The van der Waals surface area contributed by atoms with Gasteiger partial charge in [-0.2, -0.15) is 0 Å². The van der Waals surface area contributed by atoms with E-state index in [0.29, 0.717) is 16.8 Å². The highest BCUT2D eigenvalue weighted by atomic mass is 19.1. The Morgan fingerprint density at radius 3 is 2.67 bits per heavy atom. The van der Waals surface area contributed by atoms with Crippen LogP contribution < -0.4 is 0 Å². The Balaban J connectivity index is 2.49. The van der Waals surface area contributed by atoms with Gasteiger partial charge in [-0.1, -0.05) is 12.1 Å². The molecule has 3 rings (SSSR count). The van der Waals surface area contributed by atoms with E-state index in [0.717, 1.165) is 16.9 Å². The van der Waals surface area contributed by atoms with Crippen LogP contribution in [0.25, 0.3) is 16.8 Å². The molecule has 0 N–H and O–H groups in total. The molecule has 0 radical (unpaired) electrons. The van der Waals surface area contributed by atoms with Crippen molar-refractivity contribution in [3.8, 4) is 11.3 Å². The molecule has 0 saturated carbocycles. The standard InChI is InChI=1S/C17H15FN2O/c1-10-7-15(11(2)21)17(13-5-4-6-14(18)8-13)20-12(3)19-9-16(10)20/h4-9H,1-3H3. The van der Waals surface area contributed by atoms with Crippen molar-refractivity contribution in [1.29, 1.82) is 0 Å². The highest BCUT2D eigenvalue weighted by molar-refractivity contribution is 6.01. The van der Waals surface area contributed by atoms with Gasteiger partial charge in [0.1, 0.15) is 11.6 Å². The zero-order chi connectivity index (χ0) is 15.1. The molecular formula is C17H15FN2O. The van der Waals surface area contributed by atoms with Gasteiger partial charge >= 0.3 is 0 Å². The number of aryl methyl sites for hydroxylation is 2. The molecule has 2 heterocycles. The Hall–Kier alpha value is -2.49. The van der Waals surface area contributed by atoms with Gasteiger partial charge in [-0.25, -0.2) is 9.37 Å². The quantitative estimate of drug-likeness (QED) is 0.667. The Labute approximate surface area is 122 Å². The molecule has 2 aromatic heterocycles. The van der Waals surface area contributed by atoms with Gasteiger partial charge in [0.05, 0.1) is 17.4 Å². The lowest BCUT2D eigenvalue weighted by Gasteiger charge is -2.14. The Morgan fingerprint density at radius 1 is 1.24 bits per heavy atom. The lowest BCUT2D eigenvalue weighted by molar-refractivity contribution is 0.101. The second-order valence-corrected chi connectivity index (χ2v) is 5.18. The molecule has 0 saturated heterocycles. The number of pyridine rings is 1. The van der Waals surface area contributed by atoms with Crippen LogP contribution in [0, 0.1) is 19.7 Å². The molecule has 1 aromatic carbocycles. The summed E-state index contributed by atoms with van der Waals surface area (Å²) in [4.78, 5) is 16.3. The molecule has 0 bridgehead atoms. The molecule has 0 amide bonds. The average molecular weight is 282 g/mol. The molecule has 0 atom stereocenters. The topological polar surface area (TPSA) is 34.4 Å². The van der Waals surface area contributed by atoms with Crippen molar-refractivity contribution in [2.45, 2.75) is 20.8 Å². The highest BCUT2D eigenvalue weighted by Crippen LogP contribution is 2.29. The van der Waals surface area contributed by atoms with E-state index >= 15 is 0 Å². The van der Waals surface area contributed by atoms with E-state index in [-0.39, 0.29) is 11.6 Å². The number of fused-ring (bicyclic) bond motifs is 1. The summed E-state index contributed by atoms with van der Waals surface area (Å²) in [5, 5.41) is 0. The van der Waals surface area contributed by atoms with E-state index in [1.807, 2.05) is 24.3 Å². The second-order valence-electron chi connectivity index (χ2n) is 5.18. The van der Waals surface area contributed by atoms with Gasteiger partial charge in [0.15, 0.2) is 5.78 Å². The Morgan fingerprint density at radius 2 is 2.00 bits per heavy atom. The van der Waals surface area contributed by atoms with Crippen LogP contribution in [0.2, 0.25) is 0 Å². The van der Waals surface area contributed by atoms with E-state index in [4.69, 9.17) is 0 Å². The van der Waals surface area contributed by atoms with Crippen molar-refractivity contribution in [3.63, 3.8) is 0 Å². The first-order valence-electron chi connectivity index (χ1n) is 6.73. The molecule has 4 heteroatoms. The molecule has 3 nitrogen and oxygen atoms in total. The first-order chi connectivity index (χ1) is 9.99. The summed E-state index contributed by atoms with van der Waals surface area (Å²) < 4.78 is 15.5. The summed E-state index contributed by atoms with van der Waals surface area (Å²) in [6, 6.07) is 8.13. The third-order valence-electron chi connectivity index (χ3n) is 3.66. The predicted octanol–water partition coefficient (Wildman–Crippen LogP) is 3.96. The fourth-order valence-electron chi connectivity index (χ4n) is 2.67. The maximum absolute atomic E-state index is 13.6. The summed E-state index contributed by atoms with van der Waals surface area (Å²) >= 11 is 0. The first kappa shape index (κ1) is 13.5. The van der Waals surface area contributed by atoms with Crippen molar-refractivity contribution in [2.24, 2.45) is 0 Å². The van der Waals surface area contributed by atoms with Crippen LogP contribution in [0.3, 0.4) is 0 Å². The van der Waals surface area contributed by atoms with Crippen molar-refractivity contribution in [1.82, 2.24) is 9.38 Å². The fraction of sp³-hybridized carbons (Fsp3) is 0.176. The highest BCUT2D eigenvalue weighted by Gasteiger charge is 2.17. The van der Waals surface area contributed by atoms with Crippen LogP contribution in [-0.2, 0) is 0 Å². The number of benzene rings is 1. The molecular weight excluding hydrogens is 267 g/mol. The van der Waals surface area contributed by atoms with Crippen LogP contribution in [-0.4, -0.2) is 15.2 Å². The maximum atomic E-state index is 13.6. The lowest BCUT2D eigenvalue weighted by Crippen LogP contribution is -2.05. The number of carbonyl (C=O) groups excluding carboxylic acids is 1. The summed E-state index contributed by atoms with van der Waals surface area (Å²) in [5.41, 5.74) is 3.84. The Kier molecular flexibility index (Phi) is 3.09. The van der Waals surface area contributed by atoms with Crippen molar-refractivity contribution in [3.05, 3.63) is 59.3 Å². The van der Waals surface area contributed by atoms with E-state index in [1.54, 1.807) is 18.3 Å². The molecule has 0 aliphatic heterocycles. The minimum absolute atomic E-state index is 0.0487. The van der Waals surface area contributed by atoms with E-state index in [9.17, 15) is 9.18 Å². The minimum Gasteiger partial charge on any atom is -0.296 e. The Bertz CT molecular complexity index is 865. The van der Waals surface area contributed by atoms with Crippen LogP contribution in [0.1, 0.15) is 28.7 Å². The molecule has 0 fully saturated rings. The van der Waals surface area contributed by atoms with Crippen molar-refractivity contribution >= 4 is 11.3 Å². The van der Waals surface area contributed by atoms with Gasteiger partial charge < -0.3 is 0 Å². The van der Waals surface area contributed by atoms with Gasteiger partial charge in [0.2, 0.25) is 0 Å². The van der Waals surface area contributed by atoms with Gasteiger partial charge in [-0.15, -0.1) is 0 Å². The summed E-state index contributed by atoms with van der Waals surface area (Å²) in [6.45, 7) is 5.34. The van der Waals surface area contributed by atoms with Gasteiger partial charge in [-0.3, -0.25) is 9.20 Å². The number of ketones is 1.